The number of hydrogen-bond acceptors (Lipinski definition) is 6. The first-order valence-electron chi connectivity index (χ1n) is 10.3. The van der Waals surface area contributed by atoms with E-state index in [-0.39, 0.29) is 0 Å². The first-order valence-corrected chi connectivity index (χ1v) is 11.2. The minimum atomic E-state index is 0.447. The number of ether oxygens (including phenoxy) is 2. The Labute approximate surface area is 192 Å². The lowest BCUT2D eigenvalue weighted by atomic mass is 10.1. The molecule has 0 radical (unpaired) electrons. The third-order valence-corrected chi connectivity index (χ3v) is 5.66. The van der Waals surface area contributed by atoms with Crippen molar-refractivity contribution in [3.63, 3.8) is 0 Å². The molecule has 4 rings (SSSR count). The monoisotopic (exact) mass is 443 g/mol. The fourth-order valence-electron chi connectivity index (χ4n) is 3.25. The lowest BCUT2D eigenvalue weighted by molar-refractivity contribution is 0.284. The fraction of sp³-hybridized carbons (Fsp3) is 0.154. The quantitative estimate of drug-likeness (QED) is 0.251. The van der Waals surface area contributed by atoms with Gasteiger partial charge < -0.3 is 9.47 Å². The number of rotatable bonds is 8. The molecule has 0 atom stereocenters. The molecule has 32 heavy (non-hydrogen) atoms. The lowest BCUT2D eigenvalue weighted by Gasteiger charge is -2.13. The number of benzene rings is 3. The Bertz CT molecular complexity index is 1220. The average Bonchev–Trinajstić information content (AvgIpc) is 3.27. The summed E-state index contributed by atoms with van der Waals surface area (Å²) >= 11 is 1.51. The Kier molecular flexibility index (Phi) is 6.82. The number of para-hydroxylation sites is 1. The van der Waals surface area contributed by atoms with Crippen molar-refractivity contribution < 1.29 is 9.47 Å². The maximum atomic E-state index is 6.12. The Hall–Kier alpha value is -3.64. The zero-order valence-electron chi connectivity index (χ0n) is 18.3. The lowest BCUT2D eigenvalue weighted by Crippen LogP contribution is -2.01. The van der Waals surface area contributed by atoms with E-state index in [1.165, 1.54) is 22.5 Å². The molecule has 162 valence electrons. The molecule has 0 spiro atoms. The van der Waals surface area contributed by atoms with Gasteiger partial charge in [0.05, 0.1) is 19.0 Å². The predicted molar refractivity (Wildman–Crippen MR) is 132 cm³/mol. The normalized spacial score (nSPS) is 11.0. The van der Waals surface area contributed by atoms with Crippen molar-refractivity contribution in [1.82, 2.24) is 4.98 Å². The van der Waals surface area contributed by atoms with Crippen molar-refractivity contribution in [3.8, 4) is 22.8 Å². The van der Waals surface area contributed by atoms with Crippen molar-refractivity contribution in [2.45, 2.75) is 20.5 Å². The minimum absolute atomic E-state index is 0.447. The second-order valence-corrected chi connectivity index (χ2v) is 8.29. The summed E-state index contributed by atoms with van der Waals surface area (Å²) in [5, 5.41) is 7.12. The highest BCUT2D eigenvalue weighted by molar-refractivity contribution is 7.14. The SMILES string of the molecule is COc1cccc(/C=N\Nc2nc(-c3ccc(C)cc3)cs2)c1OCc1cccc(C)c1. The van der Waals surface area contributed by atoms with E-state index in [0.717, 1.165) is 27.5 Å². The highest BCUT2D eigenvalue weighted by Gasteiger charge is 2.10. The van der Waals surface area contributed by atoms with E-state index in [1.807, 2.05) is 35.7 Å². The van der Waals surface area contributed by atoms with Crippen LogP contribution in [0.1, 0.15) is 22.3 Å². The number of thiazole rings is 1. The van der Waals surface area contributed by atoms with Crippen LogP contribution in [0.5, 0.6) is 11.5 Å². The second-order valence-electron chi connectivity index (χ2n) is 7.43. The van der Waals surface area contributed by atoms with Gasteiger partial charge in [0, 0.05) is 16.5 Å². The zero-order chi connectivity index (χ0) is 22.3. The molecule has 0 saturated heterocycles. The minimum Gasteiger partial charge on any atom is -0.493 e. The van der Waals surface area contributed by atoms with Crippen LogP contribution in [0.2, 0.25) is 0 Å². The van der Waals surface area contributed by atoms with Crippen molar-refractivity contribution >= 4 is 22.7 Å². The summed E-state index contributed by atoms with van der Waals surface area (Å²) in [5.74, 6) is 1.32. The first-order chi connectivity index (χ1) is 15.6. The Morgan fingerprint density at radius 2 is 1.81 bits per heavy atom. The molecule has 1 N–H and O–H groups in total. The Morgan fingerprint density at radius 1 is 1.00 bits per heavy atom. The molecule has 5 nitrogen and oxygen atoms in total. The average molecular weight is 444 g/mol. The van der Waals surface area contributed by atoms with Gasteiger partial charge in [-0.3, -0.25) is 5.43 Å². The molecule has 0 aliphatic carbocycles. The van der Waals surface area contributed by atoms with Crippen molar-refractivity contribution in [2.24, 2.45) is 5.10 Å². The fourth-order valence-corrected chi connectivity index (χ4v) is 3.91. The van der Waals surface area contributed by atoms with E-state index in [0.29, 0.717) is 18.1 Å². The molecule has 0 amide bonds. The smallest absolute Gasteiger partial charge is 0.203 e. The highest BCUT2D eigenvalue weighted by Crippen LogP contribution is 2.31. The van der Waals surface area contributed by atoms with Crippen LogP contribution in [0.4, 0.5) is 5.13 Å². The van der Waals surface area contributed by atoms with Gasteiger partial charge in [-0.2, -0.15) is 5.10 Å². The second kappa shape index (κ2) is 10.1. The van der Waals surface area contributed by atoms with Gasteiger partial charge in [-0.15, -0.1) is 11.3 Å². The van der Waals surface area contributed by atoms with Crippen molar-refractivity contribution in [3.05, 3.63) is 94.4 Å². The molecular formula is C26H25N3O2S. The molecule has 1 aromatic heterocycles. The largest absolute Gasteiger partial charge is 0.493 e. The van der Waals surface area contributed by atoms with Crippen LogP contribution in [0.25, 0.3) is 11.3 Å². The molecule has 3 aromatic carbocycles. The molecule has 6 heteroatoms. The van der Waals surface area contributed by atoms with Crippen LogP contribution in [0.3, 0.4) is 0 Å². The van der Waals surface area contributed by atoms with Gasteiger partial charge in [0.2, 0.25) is 5.13 Å². The molecular weight excluding hydrogens is 418 g/mol. The Balaban J connectivity index is 1.47. The van der Waals surface area contributed by atoms with E-state index in [4.69, 9.17) is 9.47 Å². The maximum absolute atomic E-state index is 6.12. The van der Waals surface area contributed by atoms with Gasteiger partial charge in [-0.25, -0.2) is 4.98 Å². The summed E-state index contributed by atoms with van der Waals surface area (Å²) < 4.78 is 11.6. The molecule has 0 saturated carbocycles. The van der Waals surface area contributed by atoms with Gasteiger partial charge in [-0.1, -0.05) is 65.7 Å². The number of hydrogen-bond donors (Lipinski definition) is 1. The summed E-state index contributed by atoms with van der Waals surface area (Å²) in [7, 11) is 1.64. The van der Waals surface area contributed by atoms with Gasteiger partial charge in [0.25, 0.3) is 0 Å². The third kappa shape index (κ3) is 5.34. The maximum Gasteiger partial charge on any atom is 0.203 e. The molecule has 0 bridgehead atoms. The molecule has 4 aromatic rings. The molecule has 0 aliphatic heterocycles. The van der Waals surface area contributed by atoms with E-state index in [1.54, 1.807) is 13.3 Å². The number of aromatic nitrogens is 1. The van der Waals surface area contributed by atoms with E-state index < -0.39 is 0 Å². The summed E-state index contributed by atoms with van der Waals surface area (Å²) in [6.07, 6.45) is 1.72. The zero-order valence-corrected chi connectivity index (χ0v) is 19.1. The van der Waals surface area contributed by atoms with Gasteiger partial charge in [0.1, 0.15) is 6.61 Å². The van der Waals surface area contributed by atoms with Crippen molar-refractivity contribution in [2.75, 3.05) is 12.5 Å². The Morgan fingerprint density at radius 3 is 2.59 bits per heavy atom. The number of aryl methyl sites for hydroxylation is 2. The molecule has 1 heterocycles. The van der Waals surface area contributed by atoms with E-state index in [2.05, 4.69) is 65.8 Å². The van der Waals surface area contributed by atoms with Crippen LogP contribution in [0, 0.1) is 13.8 Å². The predicted octanol–water partition coefficient (Wildman–Crippen LogP) is 6.46. The first kappa shape index (κ1) is 21.6. The number of methoxy groups -OCH3 is 1. The van der Waals surface area contributed by atoms with Crippen molar-refractivity contribution in [1.29, 1.82) is 0 Å². The highest BCUT2D eigenvalue weighted by atomic mass is 32.1. The molecule has 0 fully saturated rings. The van der Waals surface area contributed by atoms with Gasteiger partial charge in [0.15, 0.2) is 11.5 Å². The standard InChI is InChI=1S/C26H25N3O2S/c1-18-10-12-21(13-11-18)23-17-32-26(28-23)29-27-15-22-8-5-9-24(30-3)25(22)31-16-20-7-4-6-19(2)14-20/h4-15,17H,16H2,1-3H3,(H,28,29)/b27-15-. The van der Waals surface area contributed by atoms with Crippen LogP contribution in [-0.2, 0) is 6.61 Å². The van der Waals surface area contributed by atoms with Gasteiger partial charge in [-0.05, 0) is 31.5 Å². The van der Waals surface area contributed by atoms with Crippen LogP contribution < -0.4 is 14.9 Å². The summed E-state index contributed by atoms with van der Waals surface area (Å²) in [6, 6.07) is 22.3. The number of nitrogens with zero attached hydrogens (tertiary/aromatic N) is 2. The third-order valence-electron chi connectivity index (χ3n) is 4.91. The topological polar surface area (TPSA) is 55.7 Å². The number of anilines is 1. The number of hydrazone groups is 1. The summed E-state index contributed by atoms with van der Waals surface area (Å²) in [4.78, 5) is 4.62. The van der Waals surface area contributed by atoms with E-state index >= 15 is 0 Å². The van der Waals surface area contributed by atoms with E-state index in [9.17, 15) is 0 Å². The van der Waals surface area contributed by atoms with Crippen LogP contribution >= 0.6 is 11.3 Å². The molecule has 0 unspecified atom stereocenters. The number of nitrogens with one attached hydrogen (secondary N) is 1. The van der Waals surface area contributed by atoms with Crippen LogP contribution in [0.15, 0.2) is 77.2 Å². The molecule has 0 aliphatic rings. The summed E-state index contributed by atoms with van der Waals surface area (Å²) in [6.45, 7) is 4.59. The van der Waals surface area contributed by atoms with Crippen LogP contribution in [-0.4, -0.2) is 18.3 Å². The summed E-state index contributed by atoms with van der Waals surface area (Å²) in [5.41, 5.74) is 9.38. The van der Waals surface area contributed by atoms with Gasteiger partial charge >= 0.3 is 0 Å².